The first-order valence-electron chi connectivity index (χ1n) is 13.9. The van der Waals surface area contributed by atoms with Gasteiger partial charge in [0, 0.05) is 58.6 Å². The van der Waals surface area contributed by atoms with Gasteiger partial charge in [0.25, 0.3) is 0 Å². The van der Waals surface area contributed by atoms with Crippen LogP contribution in [-0.4, -0.2) is 77.7 Å². The zero-order valence-electron chi connectivity index (χ0n) is 23.4. The van der Waals surface area contributed by atoms with Crippen molar-refractivity contribution >= 4 is 28.6 Å². The summed E-state index contributed by atoms with van der Waals surface area (Å²) < 4.78 is 2.45. The molecule has 1 saturated heterocycles. The molecule has 1 N–H and O–H groups in total. The minimum atomic E-state index is -0.352. The number of hydrogen-bond donors (Lipinski definition) is 1. The second kappa shape index (κ2) is 10.9. The molecule has 0 unspecified atom stereocenters. The number of H-pyrrole nitrogens is 1. The van der Waals surface area contributed by atoms with Crippen molar-refractivity contribution in [3.05, 3.63) is 63.8 Å². The summed E-state index contributed by atoms with van der Waals surface area (Å²) in [6.45, 7) is 16.3. The van der Waals surface area contributed by atoms with Gasteiger partial charge in [0.05, 0.1) is 17.2 Å². The molecule has 1 aliphatic heterocycles. The van der Waals surface area contributed by atoms with Gasteiger partial charge in [0.15, 0.2) is 5.78 Å². The smallest absolute Gasteiger partial charge is 0.195 e. The van der Waals surface area contributed by atoms with Crippen molar-refractivity contribution in [3.63, 3.8) is 0 Å². The SMILES string of the molecule is CCN(CC)CCCc1cc2c(cc1SN1CCN(C)CC1)C(=O)c1c([nH]c3cc(C#N)ccc13)C2(C)C. The number of benzene rings is 2. The number of ketones is 1. The van der Waals surface area contributed by atoms with E-state index in [1.54, 1.807) is 6.07 Å². The molecule has 2 heterocycles. The number of aromatic nitrogens is 1. The second-order valence-electron chi connectivity index (χ2n) is 11.2. The highest BCUT2D eigenvalue weighted by atomic mass is 32.2. The fourth-order valence-electron chi connectivity index (χ4n) is 5.90. The molecule has 2 aliphatic rings. The van der Waals surface area contributed by atoms with E-state index in [0.29, 0.717) is 5.56 Å². The third-order valence-electron chi connectivity index (χ3n) is 8.40. The molecule has 1 fully saturated rings. The number of piperazine rings is 1. The van der Waals surface area contributed by atoms with Crippen LogP contribution >= 0.6 is 11.9 Å². The van der Waals surface area contributed by atoms with Crippen LogP contribution in [0.25, 0.3) is 10.9 Å². The fourth-order valence-corrected chi connectivity index (χ4v) is 6.98. The maximum atomic E-state index is 14.1. The summed E-state index contributed by atoms with van der Waals surface area (Å²) >= 11 is 1.83. The van der Waals surface area contributed by atoms with E-state index in [2.05, 4.69) is 72.0 Å². The van der Waals surface area contributed by atoms with Crippen LogP contribution in [0.4, 0.5) is 0 Å². The highest BCUT2D eigenvalue weighted by Crippen LogP contribution is 2.46. The minimum Gasteiger partial charge on any atom is -0.357 e. The zero-order valence-corrected chi connectivity index (χ0v) is 24.2. The minimum absolute atomic E-state index is 0.0835. The first-order chi connectivity index (χ1) is 18.3. The Morgan fingerprint density at radius 1 is 1.11 bits per heavy atom. The molecular weight excluding hydrogens is 490 g/mol. The number of likely N-dealkylation sites (N-methyl/N-ethyl adjacent to an activating group) is 1. The summed E-state index contributed by atoms with van der Waals surface area (Å²) in [7, 11) is 2.18. The van der Waals surface area contributed by atoms with Gasteiger partial charge in [0.2, 0.25) is 0 Å². The van der Waals surface area contributed by atoms with Crippen LogP contribution in [0.2, 0.25) is 0 Å². The van der Waals surface area contributed by atoms with Crippen LogP contribution in [0, 0.1) is 11.3 Å². The fraction of sp³-hybridized carbons (Fsp3) is 0.484. The summed E-state index contributed by atoms with van der Waals surface area (Å²) in [5.74, 6) is 0.0835. The van der Waals surface area contributed by atoms with Gasteiger partial charge < -0.3 is 14.8 Å². The summed E-state index contributed by atoms with van der Waals surface area (Å²) in [5, 5.41) is 10.3. The first kappa shape index (κ1) is 27.0. The van der Waals surface area contributed by atoms with E-state index in [0.717, 1.165) is 91.9 Å². The number of carbonyl (C=O) groups is 1. The van der Waals surface area contributed by atoms with E-state index < -0.39 is 0 Å². The van der Waals surface area contributed by atoms with Gasteiger partial charge in [-0.2, -0.15) is 5.26 Å². The van der Waals surface area contributed by atoms with Gasteiger partial charge in [-0.05, 0) is 80.8 Å². The molecule has 0 spiro atoms. The van der Waals surface area contributed by atoms with Crippen LogP contribution in [0.3, 0.4) is 0 Å². The third kappa shape index (κ3) is 4.91. The number of hydrogen-bond acceptors (Lipinski definition) is 6. The predicted molar refractivity (Wildman–Crippen MR) is 156 cm³/mol. The Labute approximate surface area is 231 Å². The van der Waals surface area contributed by atoms with E-state index in [-0.39, 0.29) is 11.2 Å². The molecule has 1 aliphatic carbocycles. The average Bonchev–Trinajstić information content (AvgIpc) is 3.31. The molecule has 1 aromatic heterocycles. The number of aryl methyl sites for hydroxylation is 1. The van der Waals surface area contributed by atoms with E-state index in [4.69, 9.17) is 0 Å². The Hall–Kier alpha value is -2.63. The largest absolute Gasteiger partial charge is 0.357 e. The van der Waals surface area contributed by atoms with Crippen molar-refractivity contribution in [3.8, 4) is 6.07 Å². The zero-order chi connectivity index (χ0) is 27.0. The molecule has 5 rings (SSSR count). The van der Waals surface area contributed by atoms with Gasteiger partial charge in [-0.1, -0.05) is 39.8 Å². The van der Waals surface area contributed by atoms with Gasteiger partial charge in [-0.3, -0.25) is 4.79 Å². The summed E-state index contributed by atoms with van der Waals surface area (Å²) in [6, 6.07) is 12.3. The second-order valence-corrected chi connectivity index (χ2v) is 12.3. The number of rotatable bonds is 8. The van der Waals surface area contributed by atoms with Crippen molar-refractivity contribution in [1.82, 2.24) is 19.1 Å². The maximum absolute atomic E-state index is 14.1. The van der Waals surface area contributed by atoms with Gasteiger partial charge in [0.1, 0.15) is 0 Å². The Bertz CT molecular complexity index is 1390. The molecule has 2 aromatic carbocycles. The number of nitriles is 1. The molecule has 6 nitrogen and oxygen atoms in total. The Morgan fingerprint density at radius 3 is 2.53 bits per heavy atom. The van der Waals surface area contributed by atoms with Crippen LogP contribution < -0.4 is 0 Å². The predicted octanol–water partition coefficient (Wildman–Crippen LogP) is 5.44. The lowest BCUT2D eigenvalue weighted by atomic mass is 9.70. The van der Waals surface area contributed by atoms with E-state index >= 15 is 0 Å². The molecule has 0 bridgehead atoms. The van der Waals surface area contributed by atoms with Crippen LogP contribution in [-0.2, 0) is 11.8 Å². The summed E-state index contributed by atoms with van der Waals surface area (Å²) in [4.78, 5) is 23.7. The van der Waals surface area contributed by atoms with Crippen molar-refractivity contribution in [1.29, 1.82) is 5.26 Å². The number of fused-ring (bicyclic) bond motifs is 4. The molecule has 38 heavy (non-hydrogen) atoms. The molecule has 3 aromatic rings. The molecule has 0 saturated carbocycles. The van der Waals surface area contributed by atoms with E-state index in [1.807, 2.05) is 24.1 Å². The molecular formula is C31H39N5OS. The van der Waals surface area contributed by atoms with Crippen LogP contribution in [0.5, 0.6) is 0 Å². The Morgan fingerprint density at radius 2 is 1.84 bits per heavy atom. The number of carbonyl (C=O) groups excluding carboxylic acids is 1. The first-order valence-corrected chi connectivity index (χ1v) is 14.7. The number of nitrogens with zero attached hydrogens (tertiary/aromatic N) is 4. The van der Waals surface area contributed by atoms with Gasteiger partial charge in [-0.15, -0.1) is 0 Å². The van der Waals surface area contributed by atoms with Gasteiger partial charge >= 0.3 is 0 Å². The normalized spacial score (nSPS) is 17.6. The molecule has 0 amide bonds. The lowest BCUT2D eigenvalue weighted by molar-refractivity contribution is 0.103. The lowest BCUT2D eigenvalue weighted by Gasteiger charge is -2.35. The van der Waals surface area contributed by atoms with Crippen molar-refractivity contribution < 1.29 is 4.79 Å². The molecule has 200 valence electrons. The van der Waals surface area contributed by atoms with E-state index in [9.17, 15) is 10.1 Å². The van der Waals surface area contributed by atoms with Crippen molar-refractivity contribution in [2.75, 3.05) is 52.9 Å². The summed E-state index contributed by atoms with van der Waals surface area (Å²) in [5.41, 5.74) is 6.07. The highest BCUT2D eigenvalue weighted by Gasteiger charge is 2.40. The molecule has 0 radical (unpaired) electrons. The van der Waals surface area contributed by atoms with E-state index in [1.165, 1.54) is 10.5 Å². The number of nitrogens with one attached hydrogen (secondary N) is 1. The van der Waals surface area contributed by atoms with Crippen LogP contribution in [0.15, 0.2) is 35.2 Å². The average molecular weight is 530 g/mol. The molecule has 0 atom stereocenters. The molecule has 7 heteroatoms. The Balaban J connectivity index is 1.56. The van der Waals surface area contributed by atoms with Crippen molar-refractivity contribution in [2.45, 2.75) is 50.8 Å². The quantitative estimate of drug-likeness (QED) is 0.392. The summed E-state index contributed by atoms with van der Waals surface area (Å²) in [6.07, 6.45) is 2.09. The lowest BCUT2D eigenvalue weighted by Crippen LogP contribution is -2.41. The third-order valence-corrected chi connectivity index (χ3v) is 9.60. The standard InChI is InChI=1S/C31H39N5OS/c1-6-35(7-2)12-8-9-22-18-25-24(19-27(22)38-36-15-13-34(5)14-16-36)29(37)28-23-11-10-21(20-32)17-26(23)33-30(28)31(25,3)4/h10-11,17-19,33H,6-9,12-16H2,1-5H3. The highest BCUT2D eigenvalue weighted by molar-refractivity contribution is 7.97. The number of aromatic amines is 1. The maximum Gasteiger partial charge on any atom is 0.195 e. The monoisotopic (exact) mass is 529 g/mol. The Kier molecular flexibility index (Phi) is 7.70. The topological polar surface area (TPSA) is 66.4 Å². The van der Waals surface area contributed by atoms with Crippen molar-refractivity contribution in [2.24, 2.45) is 0 Å². The van der Waals surface area contributed by atoms with Gasteiger partial charge in [-0.25, -0.2) is 4.31 Å². The van der Waals surface area contributed by atoms with Crippen LogP contribution in [0.1, 0.15) is 72.4 Å².